The molecule has 8 aromatic rings. The summed E-state index contributed by atoms with van der Waals surface area (Å²) in [6, 6.07) is 44.3. The highest BCUT2D eigenvalue weighted by Crippen LogP contribution is 2.29. The van der Waals surface area contributed by atoms with Crippen molar-refractivity contribution in [1.82, 2.24) is 19.9 Å². The number of halogens is 4. The van der Waals surface area contributed by atoms with Crippen LogP contribution in [0.3, 0.4) is 0 Å². The van der Waals surface area contributed by atoms with Crippen LogP contribution in [-0.4, -0.2) is 40.9 Å². The minimum absolute atomic E-state index is 0.363. The molecule has 60 heavy (non-hydrogen) atoms. The van der Waals surface area contributed by atoms with Crippen molar-refractivity contribution in [1.29, 1.82) is 0 Å². The smallest absolute Gasteiger partial charge is 0.252 e. The number of carbonyl (C=O) groups is 4. The van der Waals surface area contributed by atoms with Gasteiger partial charge in [-0.3, -0.25) is 19.2 Å². The van der Waals surface area contributed by atoms with Crippen LogP contribution in [0.5, 0.6) is 0 Å². The summed E-state index contributed by atoms with van der Waals surface area (Å²) in [4.78, 5) is 63.0. The van der Waals surface area contributed by atoms with E-state index in [9.17, 15) is 19.2 Å². The van der Waals surface area contributed by atoms with Gasteiger partial charge in [-0.05, 0) is 166 Å². The Morgan fingerprint density at radius 3 is 0.650 bits per heavy atom. The lowest BCUT2D eigenvalue weighted by Gasteiger charge is -2.10. The fourth-order valence-electron chi connectivity index (χ4n) is 7.64. The topological polar surface area (TPSA) is 131 Å². The second-order valence-electron chi connectivity index (χ2n) is 14.0. The summed E-state index contributed by atoms with van der Waals surface area (Å²) < 4.78 is 0. The summed E-state index contributed by atoms with van der Waals surface area (Å²) >= 11 is 23.4. The standard InChI is InChI=1S/C48H28Cl4N4O4/c49-45(57)29-9-1-25(2-10-29)41-33-17-19-35(53-33)42(26-3-11-30(12-4-26)46(50)58)37-21-23-39(55-37)44(28-7-15-32(16-8-28)48(52)60)40-24-22-38(56-40)43(36-20-18-34(41)54-36)27-5-13-31(14-6-27)47(51)59/h1-24,53-56H. The number of hydrogen-bond donors (Lipinski definition) is 4. The van der Waals surface area contributed by atoms with Crippen LogP contribution in [0, 0.1) is 0 Å². The maximum absolute atomic E-state index is 12.1. The molecule has 292 valence electrons. The zero-order valence-corrected chi connectivity index (χ0v) is 34.0. The van der Waals surface area contributed by atoms with Crippen LogP contribution in [0.15, 0.2) is 146 Å². The van der Waals surface area contributed by atoms with E-state index in [1.807, 2.05) is 97.1 Å². The molecule has 4 aromatic carbocycles. The Balaban J connectivity index is 1.40. The molecule has 12 heteroatoms. The zero-order valence-electron chi connectivity index (χ0n) is 31.0. The van der Waals surface area contributed by atoms with E-state index in [2.05, 4.69) is 19.9 Å². The number of rotatable bonds is 8. The van der Waals surface area contributed by atoms with Gasteiger partial charge in [-0.25, -0.2) is 0 Å². The van der Waals surface area contributed by atoms with Crippen molar-refractivity contribution >= 4 is 89.7 Å². The Kier molecular flexibility index (Phi) is 10.2. The van der Waals surface area contributed by atoms with Gasteiger partial charge in [0.15, 0.2) is 0 Å². The molecule has 0 saturated heterocycles. The molecule has 0 atom stereocenters. The molecule has 4 aromatic heterocycles. The average Bonchev–Trinajstić information content (AvgIpc) is 4.10. The second-order valence-corrected chi connectivity index (χ2v) is 15.4. The van der Waals surface area contributed by atoms with Crippen LogP contribution in [0.2, 0.25) is 0 Å². The third kappa shape index (κ3) is 7.31. The van der Waals surface area contributed by atoms with Crippen molar-refractivity contribution in [2.75, 3.05) is 0 Å². The van der Waals surface area contributed by atoms with Crippen LogP contribution in [0.25, 0.3) is 22.3 Å². The van der Waals surface area contributed by atoms with Crippen LogP contribution in [-0.2, 0) is 0 Å². The van der Waals surface area contributed by atoms with Crippen molar-refractivity contribution in [3.8, 4) is 0 Å². The summed E-state index contributed by atoms with van der Waals surface area (Å²) in [7, 11) is 0. The third-order valence-electron chi connectivity index (χ3n) is 10.5. The number of hydrogen-bond acceptors (Lipinski definition) is 4. The maximum Gasteiger partial charge on any atom is 0.252 e. The minimum Gasteiger partial charge on any atom is -0.354 e. The molecule has 4 N–H and O–H groups in total. The Labute approximate surface area is 361 Å². The summed E-state index contributed by atoms with van der Waals surface area (Å²) in [5.41, 5.74) is 11.0. The second kappa shape index (κ2) is 15.8. The van der Waals surface area contributed by atoms with Gasteiger partial charge >= 0.3 is 0 Å². The Bertz CT molecular complexity index is 2860. The molecule has 0 amide bonds. The summed E-state index contributed by atoms with van der Waals surface area (Å²) in [5.74, 6) is 0. The van der Waals surface area contributed by atoms with E-state index in [1.54, 1.807) is 48.5 Å². The first-order chi connectivity index (χ1) is 29.0. The molecular weight excluding hydrogens is 838 g/mol. The number of nitrogens with one attached hydrogen (secondary N) is 4. The number of benzene rings is 4. The van der Waals surface area contributed by atoms with Crippen molar-refractivity contribution in [3.63, 3.8) is 0 Å². The lowest BCUT2D eigenvalue weighted by molar-refractivity contribution is 0.107. The normalized spacial score (nSPS) is 12.5. The molecule has 1 aliphatic heterocycles. The monoisotopic (exact) mass is 864 g/mol. The van der Waals surface area contributed by atoms with Crippen molar-refractivity contribution in [2.24, 2.45) is 0 Å². The highest BCUT2D eigenvalue weighted by atomic mass is 35.5. The average molecular weight is 867 g/mol. The number of aromatic amines is 4. The summed E-state index contributed by atoms with van der Waals surface area (Å²) in [5, 5.41) is 0.821. The predicted octanol–water partition coefficient (Wildman–Crippen LogP) is 7.82. The van der Waals surface area contributed by atoms with Gasteiger partial charge in [0.05, 0.1) is 0 Å². The largest absolute Gasteiger partial charge is 0.354 e. The molecular formula is C48H28Cl4N4O4. The Hall–Kier alpha value is -6.68. The summed E-state index contributed by atoms with van der Waals surface area (Å²) in [6.07, 6.45) is 0. The van der Waals surface area contributed by atoms with Gasteiger partial charge in [0.2, 0.25) is 0 Å². The Morgan fingerprint density at radius 1 is 0.267 bits per heavy atom. The van der Waals surface area contributed by atoms with Gasteiger partial charge in [0.1, 0.15) is 0 Å². The van der Waals surface area contributed by atoms with Crippen LogP contribution < -0.4 is 21.4 Å². The zero-order chi connectivity index (χ0) is 41.7. The number of fused-ring (bicyclic) bond motifs is 8. The van der Waals surface area contributed by atoms with Gasteiger partial charge < -0.3 is 19.9 Å². The van der Waals surface area contributed by atoms with Crippen LogP contribution in [0.4, 0.5) is 0 Å². The molecule has 0 radical (unpaired) electrons. The number of carbonyl (C=O) groups excluding carboxylic acids is 4. The van der Waals surface area contributed by atoms with Gasteiger partial charge in [-0.15, -0.1) is 0 Å². The molecule has 8 nitrogen and oxygen atoms in total. The highest BCUT2D eigenvalue weighted by Gasteiger charge is 2.19. The van der Waals surface area contributed by atoms with E-state index < -0.39 is 21.0 Å². The minimum atomic E-state index is -0.561. The van der Waals surface area contributed by atoms with Crippen LogP contribution >= 0.6 is 46.4 Å². The summed E-state index contributed by atoms with van der Waals surface area (Å²) in [6.45, 7) is 0. The maximum atomic E-state index is 12.1. The van der Waals surface area contributed by atoms with E-state index in [0.717, 1.165) is 88.7 Å². The SMILES string of the molecule is O=C(Cl)c1ccc(C2=c3ccc([nH]3)=C(c3ccc(C(=O)Cl)cc3)c3ccc([nH]3)C(c3ccc(C(=O)Cl)cc3)=c3ccc([nH]3)=C(c3ccc(C(=O)Cl)cc3)c3ccc2[nH]3)cc1. The first-order valence-electron chi connectivity index (χ1n) is 18.5. The molecule has 0 saturated carbocycles. The molecule has 0 aliphatic carbocycles. The van der Waals surface area contributed by atoms with E-state index in [1.165, 1.54) is 0 Å². The molecule has 0 unspecified atom stereocenters. The number of aromatic nitrogens is 4. The lowest BCUT2D eigenvalue weighted by atomic mass is 10.0. The van der Waals surface area contributed by atoms with E-state index in [4.69, 9.17) is 46.4 Å². The first kappa shape index (κ1) is 38.8. The van der Waals surface area contributed by atoms with Crippen molar-refractivity contribution in [3.05, 3.63) is 234 Å². The molecule has 5 heterocycles. The Morgan fingerprint density at radius 2 is 0.467 bits per heavy atom. The van der Waals surface area contributed by atoms with E-state index in [-0.39, 0.29) is 0 Å². The molecule has 9 rings (SSSR count). The van der Waals surface area contributed by atoms with Gasteiger partial charge in [0, 0.05) is 88.7 Å². The van der Waals surface area contributed by atoms with Gasteiger partial charge in [0.25, 0.3) is 21.0 Å². The van der Waals surface area contributed by atoms with E-state index >= 15 is 0 Å². The molecule has 1 aliphatic rings. The molecule has 0 fully saturated rings. The van der Waals surface area contributed by atoms with Crippen LogP contribution in [0.1, 0.15) is 86.5 Å². The highest BCUT2D eigenvalue weighted by molar-refractivity contribution is 6.68. The first-order valence-corrected chi connectivity index (χ1v) is 20.0. The quantitative estimate of drug-likeness (QED) is 0.116. The lowest BCUT2D eigenvalue weighted by Crippen LogP contribution is -2.19. The third-order valence-corrected chi connectivity index (χ3v) is 11.4. The molecule has 0 spiro atoms. The predicted molar refractivity (Wildman–Crippen MR) is 235 cm³/mol. The molecule has 8 bridgehead atoms. The van der Waals surface area contributed by atoms with Gasteiger partial charge in [-0.1, -0.05) is 48.5 Å². The fourth-order valence-corrected chi connectivity index (χ4v) is 8.15. The van der Waals surface area contributed by atoms with E-state index in [0.29, 0.717) is 22.3 Å². The number of H-pyrrole nitrogens is 4. The van der Waals surface area contributed by atoms with Crippen molar-refractivity contribution in [2.45, 2.75) is 0 Å². The van der Waals surface area contributed by atoms with Gasteiger partial charge in [-0.2, -0.15) is 0 Å². The van der Waals surface area contributed by atoms with Crippen molar-refractivity contribution < 1.29 is 19.2 Å². The fraction of sp³-hybridized carbons (Fsp3) is 0.